The molecule has 1 aliphatic rings. The quantitative estimate of drug-likeness (QED) is 0.662. The van der Waals surface area contributed by atoms with Crippen LogP contribution in [0.15, 0.2) is 24.3 Å². The first-order valence-electron chi connectivity index (χ1n) is 6.58. The number of benzene rings is 1. The molecule has 3 N–H and O–H groups in total. The van der Waals surface area contributed by atoms with Crippen molar-refractivity contribution in [2.24, 2.45) is 5.84 Å². The maximum absolute atomic E-state index is 13.7. The zero-order chi connectivity index (χ0) is 13.8. The van der Waals surface area contributed by atoms with Crippen LogP contribution in [0.5, 0.6) is 0 Å². The number of hydrogen-bond acceptors (Lipinski definition) is 4. The zero-order valence-corrected chi connectivity index (χ0v) is 12.9. The Hall–Kier alpha value is -0.230. The number of thioether (sulfide) groups is 2. The topological polar surface area (TPSA) is 38.0 Å². The van der Waals surface area contributed by atoms with Crippen LogP contribution in [0.1, 0.15) is 19.4 Å². The van der Waals surface area contributed by atoms with Crippen molar-refractivity contribution in [3.63, 3.8) is 0 Å². The molecule has 1 saturated heterocycles. The van der Waals surface area contributed by atoms with Crippen LogP contribution in [0, 0.1) is 5.82 Å². The van der Waals surface area contributed by atoms with E-state index in [2.05, 4.69) is 19.3 Å². The Labute approximate surface area is 123 Å². The number of nitrogens with two attached hydrogens (primary N) is 1. The van der Waals surface area contributed by atoms with Crippen LogP contribution in [0.2, 0.25) is 0 Å². The third-order valence-corrected chi connectivity index (χ3v) is 7.19. The van der Waals surface area contributed by atoms with Gasteiger partial charge in [0.1, 0.15) is 5.82 Å². The van der Waals surface area contributed by atoms with E-state index in [0.717, 1.165) is 11.3 Å². The summed E-state index contributed by atoms with van der Waals surface area (Å²) < 4.78 is 13.7. The Morgan fingerprint density at radius 2 is 2.11 bits per heavy atom. The van der Waals surface area contributed by atoms with Crippen LogP contribution in [0.25, 0.3) is 0 Å². The van der Waals surface area contributed by atoms with E-state index in [9.17, 15) is 4.39 Å². The average molecular weight is 300 g/mol. The van der Waals surface area contributed by atoms with E-state index in [4.69, 9.17) is 5.84 Å². The van der Waals surface area contributed by atoms with Crippen molar-refractivity contribution in [2.75, 3.05) is 5.75 Å². The van der Waals surface area contributed by atoms with Gasteiger partial charge in [0.15, 0.2) is 0 Å². The van der Waals surface area contributed by atoms with E-state index in [1.54, 1.807) is 6.07 Å². The summed E-state index contributed by atoms with van der Waals surface area (Å²) in [5.74, 6) is 6.61. The highest BCUT2D eigenvalue weighted by atomic mass is 32.2. The van der Waals surface area contributed by atoms with Gasteiger partial charge in [-0.2, -0.15) is 23.5 Å². The number of halogens is 1. The predicted molar refractivity (Wildman–Crippen MR) is 84.0 cm³/mol. The summed E-state index contributed by atoms with van der Waals surface area (Å²) in [6.45, 7) is 4.52. The van der Waals surface area contributed by atoms with Crippen LogP contribution in [0.3, 0.4) is 0 Å². The lowest BCUT2D eigenvalue weighted by molar-refractivity contribution is 0.505. The van der Waals surface area contributed by atoms with Crippen molar-refractivity contribution >= 4 is 23.5 Å². The molecule has 1 heterocycles. The highest BCUT2D eigenvalue weighted by Gasteiger charge is 2.31. The minimum atomic E-state index is -0.141. The van der Waals surface area contributed by atoms with Crippen LogP contribution < -0.4 is 11.3 Å². The predicted octanol–water partition coefficient (Wildman–Crippen LogP) is 2.83. The van der Waals surface area contributed by atoms with Crippen molar-refractivity contribution in [1.29, 1.82) is 0 Å². The van der Waals surface area contributed by atoms with E-state index in [1.807, 2.05) is 35.7 Å². The molecule has 0 radical (unpaired) electrons. The van der Waals surface area contributed by atoms with E-state index in [1.165, 1.54) is 6.07 Å². The average Bonchev–Trinajstić information content (AvgIpc) is 2.41. The van der Waals surface area contributed by atoms with E-state index < -0.39 is 0 Å². The van der Waals surface area contributed by atoms with Gasteiger partial charge in [-0.05, 0) is 18.1 Å². The van der Waals surface area contributed by atoms with Crippen molar-refractivity contribution in [3.05, 3.63) is 35.6 Å². The summed E-state index contributed by atoms with van der Waals surface area (Å²) in [7, 11) is 0. The van der Waals surface area contributed by atoms with Gasteiger partial charge >= 0.3 is 0 Å². The first-order valence-corrected chi connectivity index (χ1v) is 8.57. The van der Waals surface area contributed by atoms with Crippen LogP contribution in [0.4, 0.5) is 4.39 Å². The molecule has 1 aromatic rings. The van der Waals surface area contributed by atoms with Gasteiger partial charge in [-0.3, -0.25) is 11.3 Å². The lowest BCUT2D eigenvalue weighted by Crippen LogP contribution is -2.47. The summed E-state index contributed by atoms with van der Waals surface area (Å²) in [6, 6.07) is 7.06. The Kier molecular flexibility index (Phi) is 5.57. The van der Waals surface area contributed by atoms with E-state index in [0.29, 0.717) is 22.2 Å². The van der Waals surface area contributed by atoms with Crippen molar-refractivity contribution in [3.8, 4) is 0 Å². The molecule has 4 unspecified atom stereocenters. The molecule has 0 saturated carbocycles. The third-order valence-electron chi connectivity index (χ3n) is 3.63. The molecule has 106 valence electrons. The molecule has 1 fully saturated rings. The van der Waals surface area contributed by atoms with Gasteiger partial charge in [0.2, 0.25) is 0 Å². The second-order valence-corrected chi connectivity index (χ2v) is 8.02. The normalized spacial score (nSPS) is 29.2. The second kappa shape index (κ2) is 6.97. The summed E-state index contributed by atoms with van der Waals surface area (Å²) >= 11 is 3.95. The minimum Gasteiger partial charge on any atom is -0.271 e. The number of rotatable bonds is 4. The number of nitrogens with one attached hydrogen (secondary N) is 1. The minimum absolute atomic E-state index is 0.115. The molecule has 1 aromatic carbocycles. The smallest absolute Gasteiger partial charge is 0.126 e. The molecule has 0 aromatic heterocycles. The summed E-state index contributed by atoms with van der Waals surface area (Å²) in [6.07, 6.45) is 0.641. The molecular weight excluding hydrogens is 279 g/mol. The van der Waals surface area contributed by atoms with Gasteiger partial charge in [-0.15, -0.1) is 0 Å². The first kappa shape index (κ1) is 15.2. The maximum atomic E-state index is 13.7. The van der Waals surface area contributed by atoms with Gasteiger partial charge in [-0.25, -0.2) is 4.39 Å². The second-order valence-electron chi connectivity index (χ2n) is 4.99. The molecule has 2 nitrogen and oxygen atoms in total. The van der Waals surface area contributed by atoms with Crippen molar-refractivity contribution < 1.29 is 4.39 Å². The Bertz CT molecular complexity index is 416. The van der Waals surface area contributed by atoms with Gasteiger partial charge in [-0.1, -0.05) is 32.0 Å². The van der Waals surface area contributed by atoms with E-state index in [-0.39, 0.29) is 11.9 Å². The van der Waals surface area contributed by atoms with Gasteiger partial charge in [0, 0.05) is 27.5 Å². The summed E-state index contributed by atoms with van der Waals surface area (Å²) in [5, 5.41) is 1.72. The molecular formula is C14H21FN2S2. The van der Waals surface area contributed by atoms with Crippen LogP contribution in [-0.4, -0.2) is 27.5 Å². The maximum Gasteiger partial charge on any atom is 0.126 e. The molecule has 19 heavy (non-hydrogen) atoms. The fourth-order valence-electron chi connectivity index (χ4n) is 2.22. The molecule has 0 bridgehead atoms. The standard InChI is InChI=1S/C14H21FN2S2/c1-9-10(2)19-14(8-18-9)13(17-16)7-11-5-3-4-6-12(11)15/h3-6,9-10,13-14,17H,7-8,16H2,1-2H3. The van der Waals surface area contributed by atoms with Crippen molar-refractivity contribution in [1.82, 2.24) is 5.43 Å². The Morgan fingerprint density at radius 1 is 1.37 bits per heavy atom. The molecule has 1 aliphatic heterocycles. The van der Waals surface area contributed by atoms with Crippen LogP contribution in [-0.2, 0) is 6.42 Å². The summed E-state index contributed by atoms with van der Waals surface area (Å²) in [4.78, 5) is 0. The van der Waals surface area contributed by atoms with Crippen molar-refractivity contribution in [2.45, 2.75) is 42.1 Å². The van der Waals surface area contributed by atoms with Gasteiger partial charge in [0.25, 0.3) is 0 Å². The SMILES string of the molecule is CC1SCC(C(Cc2ccccc2F)NN)SC1C. The summed E-state index contributed by atoms with van der Waals surface area (Å²) in [5.41, 5.74) is 3.62. The largest absolute Gasteiger partial charge is 0.271 e. The molecule has 4 atom stereocenters. The molecule has 5 heteroatoms. The van der Waals surface area contributed by atoms with Gasteiger partial charge < -0.3 is 0 Å². The lowest BCUT2D eigenvalue weighted by atomic mass is 10.0. The number of hydrazine groups is 1. The lowest BCUT2D eigenvalue weighted by Gasteiger charge is -2.35. The van der Waals surface area contributed by atoms with Crippen LogP contribution >= 0.6 is 23.5 Å². The first-order chi connectivity index (χ1) is 9.11. The highest BCUT2D eigenvalue weighted by Crippen LogP contribution is 2.37. The molecule has 2 rings (SSSR count). The monoisotopic (exact) mass is 300 g/mol. The molecule has 0 aliphatic carbocycles. The molecule has 0 amide bonds. The van der Waals surface area contributed by atoms with E-state index >= 15 is 0 Å². The zero-order valence-electron chi connectivity index (χ0n) is 11.3. The fraction of sp³-hybridized carbons (Fsp3) is 0.571. The van der Waals surface area contributed by atoms with Gasteiger partial charge in [0.05, 0.1) is 0 Å². The third kappa shape index (κ3) is 3.88. The Morgan fingerprint density at radius 3 is 2.74 bits per heavy atom. The highest BCUT2D eigenvalue weighted by molar-refractivity contribution is 8.07. The number of hydrogen-bond donors (Lipinski definition) is 2. The Balaban J connectivity index is 2.02. The molecule has 0 spiro atoms. The fourth-order valence-corrected chi connectivity index (χ4v) is 5.33.